The molecule has 2 aromatic rings. The molecule has 7 heteroatoms. The first-order valence-electron chi connectivity index (χ1n) is 11.5. The van der Waals surface area contributed by atoms with E-state index >= 15 is 0 Å². The van der Waals surface area contributed by atoms with Crippen LogP contribution < -0.4 is 10.6 Å². The van der Waals surface area contributed by atoms with Gasteiger partial charge in [-0.1, -0.05) is 31.2 Å². The van der Waals surface area contributed by atoms with E-state index in [4.69, 9.17) is 0 Å². The van der Waals surface area contributed by atoms with Crippen LogP contribution in [0.4, 0.5) is 19.7 Å². The molecule has 6 nitrogen and oxygen atoms in total. The molecule has 2 unspecified atom stereocenters. The van der Waals surface area contributed by atoms with E-state index < -0.39 is 0 Å². The minimum Gasteiger partial charge on any atom is -0.333 e. The molecule has 2 fully saturated rings. The smallest absolute Gasteiger partial charge is 0.320 e. The summed E-state index contributed by atoms with van der Waals surface area (Å²) in [4.78, 5) is 29.5. The molecule has 2 heterocycles. The first-order valence-corrected chi connectivity index (χ1v) is 11.5. The highest BCUT2D eigenvalue weighted by atomic mass is 19.1. The summed E-state index contributed by atoms with van der Waals surface area (Å²) < 4.78 is 13.1. The van der Waals surface area contributed by atoms with Crippen molar-refractivity contribution >= 4 is 17.7 Å². The zero-order valence-corrected chi connectivity index (χ0v) is 18.5. The second kappa shape index (κ2) is 10.0. The van der Waals surface area contributed by atoms with E-state index in [1.807, 2.05) is 9.80 Å². The molecule has 0 bridgehead atoms. The van der Waals surface area contributed by atoms with E-state index in [0.717, 1.165) is 38.8 Å². The number of piperidine rings is 1. The van der Waals surface area contributed by atoms with Gasteiger partial charge in [-0.25, -0.2) is 14.0 Å². The second-order valence-electron chi connectivity index (χ2n) is 8.71. The van der Waals surface area contributed by atoms with Gasteiger partial charge in [-0.05, 0) is 61.1 Å². The Balaban J connectivity index is 1.47. The molecule has 0 spiro atoms. The minimum absolute atomic E-state index is 0.0584. The van der Waals surface area contributed by atoms with Gasteiger partial charge in [-0.15, -0.1) is 0 Å². The number of urea groups is 2. The fraction of sp³-hybridized carbons (Fsp3) is 0.440. The van der Waals surface area contributed by atoms with Gasteiger partial charge in [0.25, 0.3) is 0 Å². The maximum atomic E-state index is 13.1. The Kier molecular flexibility index (Phi) is 6.93. The highest BCUT2D eigenvalue weighted by Crippen LogP contribution is 2.29. The van der Waals surface area contributed by atoms with Gasteiger partial charge >= 0.3 is 12.1 Å². The van der Waals surface area contributed by atoms with E-state index in [9.17, 15) is 14.0 Å². The molecule has 4 rings (SSSR count). The molecule has 0 saturated carbocycles. The maximum absolute atomic E-state index is 13.1. The van der Waals surface area contributed by atoms with Crippen molar-refractivity contribution < 1.29 is 14.0 Å². The topological polar surface area (TPSA) is 64.7 Å². The summed E-state index contributed by atoms with van der Waals surface area (Å²) in [5.41, 5.74) is 2.99. The molecule has 170 valence electrons. The lowest BCUT2D eigenvalue weighted by molar-refractivity contribution is 0.136. The van der Waals surface area contributed by atoms with E-state index in [1.54, 1.807) is 0 Å². The van der Waals surface area contributed by atoms with Crippen LogP contribution in [0.2, 0.25) is 0 Å². The van der Waals surface area contributed by atoms with Crippen LogP contribution in [0.1, 0.15) is 43.2 Å². The minimum atomic E-state index is -0.351. The average molecular weight is 439 g/mol. The summed E-state index contributed by atoms with van der Waals surface area (Å²) in [5, 5.41) is 5.78. The van der Waals surface area contributed by atoms with Gasteiger partial charge in [-0.3, -0.25) is 0 Å². The van der Waals surface area contributed by atoms with Crippen molar-refractivity contribution in [3.63, 3.8) is 0 Å². The predicted octanol–water partition coefficient (Wildman–Crippen LogP) is 4.58. The number of carbonyl (C=O) groups is 2. The predicted molar refractivity (Wildman–Crippen MR) is 123 cm³/mol. The highest BCUT2D eigenvalue weighted by Gasteiger charge is 2.34. The lowest BCUT2D eigenvalue weighted by atomic mass is 9.87. The Hall–Kier alpha value is -3.09. The Labute approximate surface area is 188 Å². The fourth-order valence-electron chi connectivity index (χ4n) is 4.62. The van der Waals surface area contributed by atoms with Gasteiger partial charge in [0.2, 0.25) is 0 Å². The van der Waals surface area contributed by atoms with Crippen LogP contribution in [-0.2, 0) is 6.42 Å². The zero-order chi connectivity index (χ0) is 22.5. The van der Waals surface area contributed by atoms with Crippen molar-refractivity contribution in [2.24, 2.45) is 0 Å². The molecule has 2 aliphatic heterocycles. The first kappa shape index (κ1) is 22.1. The average Bonchev–Trinajstić information content (AvgIpc) is 3.35. The summed E-state index contributed by atoms with van der Waals surface area (Å²) in [7, 11) is 0. The third-order valence-corrected chi connectivity index (χ3v) is 6.39. The molecular weight excluding hydrogens is 407 g/mol. The largest absolute Gasteiger partial charge is 0.333 e. The molecule has 0 radical (unpaired) electrons. The summed E-state index contributed by atoms with van der Waals surface area (Å²) in [6.07, 6.45) is 3.83. The van der Waals surface area contributed by atoms with Crippen molar-refractivity contribution in [1.82, 2.24) is 15.1 Å². The van der Waals surface area contributed by atoms with Crippen LogP contribution in [0.25, 0.3) is 0 Å². The zero-order valence-electron chi connectivity index (χ0n) is 18.5. The molecule has 32 heavy (non-hydrogen) atoms. The van der Waals surface area contributed by atoms with Gasteiger partial charge in [0.15, 0.2) is 0 Å². The Morgan fingerprint density at radius 1 is 0.969 bits per heavy atom. The number of anilines is 1. The van der Waals surface area contributed by atoms with E-state index in [-0.39, 0.29) is 29.8 Å². The number of hydrogen-bond acceptors (Lipinski definition) is 2. The third kappa shape index (κ3) is 5.39. The number of hydrogen-bond donors (Lipinski definition) is 2. The van der Waals surface area contributed by atoms with Crippen LogP contribution in [0, 0.1) is 5.82 Å². The van der Waals surface area contributed by atoms with Crippen LogP contribution in [0.5, 0.6) is 0 Å². The van der Waals surface area contributed by atoms with Crippen LogP contribution in [-0.4, -0.2) is 54.1 Å². The second-order valence-corrected chi connectivity index (χ2v) is 8.71. The SMILES string of the molecule is CCc1ccc(C2CC(NC(=O)Nc3ccc(F)cc3)CN(C(=O)N3CCCC3)C2)cc1. The van der Waals surface area contributed by atoms with Gasteiger partial charge in [0, 0.05) is 43.8 Å². The normalized spacial score (nSPS) is 20.8. The lowest BCUT2D eigenvalue weighted by Crippen LogP contribution is -2.55. The van der Waals surface area contributed by atoms with Gasteiger partial charge in [0.05, 0.1) is 0 Å². The molecule has 2 atom stereocenters. The summed E-state index contributed by atoms with van der Waals surface area (Å²) >= 11 is 0. The van der Waals surface area contributed by atoms with Crippen LogP contribution in [0.3, 0.4) is 0 Å². The van der Waals surface area contributed by atoms with Crippen molar-refractivity contribution in [3.05, 3.63) is 65.5 Å². The Morgan fingerprint density at radius 3 is 2.31 bits per heavy atom. The Bertz CT molecular complexity index is 926. The fourth-order valence-corrected chi connectivity index (χ4v) is 4.62. The van der Waals surface area contributed by atoms with E-state index in [2.05, 4.69) is 41.8 Å². The van der Waals surface area contributed by atoms with Crippen molar-refractivity contribution in [2.75, 3.05) is 31.5 Å². The van der Waals surface area contributed by atoms with Crippen molar-refractivity contribution in [1.29, 1.82) is 0 Å². The maximum Gasteiger partial charge on any atom is 0.320 e. The quantitative estimate of drug-likeness (QED) is 0.734. The van der Waals surface area contributed by atoms with Gasteiger partial charge < -0.3 is 20.4 Å². The summed E-state index contributed by atoms with van der Waals surface area (Å²) in [6, 6.07) is 13.8. The molecule has 0 aromatic heterocycles. The number of amides is 4. The lowest BCUT2D eigenvalue weighted by Gasteiger charge is -2.40. The number of halogens is 1. The number of nitrogens with one attached hydrogen (secondary N) is 2. The molecule has 0 aliphatic carbocycles. The molecule has 4 amide bonds. The number of carbonyl (C=O) groups excluding carboxylic acids is 2. The molecule has 2 saturated heterocycles. The number of aryl methyl sites for hydroxylation is 1. The molecule has 2 aliphatic rings. The third-order valence-electron chi connectivity index (χ3n) is 6.39. The van der Waals surface area contributed by atoms with E-state index in [1.165, 1.54) is 35.4 Å². The standard InChI is InChI=1S/C25H31FN4O2/c1-2-18-5-7-19(8-6-18)20-15-23(17-30(16-20)25(32)29-13-3-4-14-29)28-24(31)27-22-11-9-21(26)10-12-22/h5-12,20,23H,2-4,13-17H2,1H3,(H2,27,28,31). The first-order chi connectivity index (χ1) is 15.5. The van der Waals surface area contributed by atoms with Crippen molar-refractivity contribution in [3.8, 4) is 0 Å². The highest BCUT2D eigenvalue weighted by molar-refractivity contribution is 5.89. The number of likely N-dealkylation sites (tertiary alicyclic amines) is 2. The molecular formula is C25H31FN4O2. The van der Waals surface area contributed by atoms with Crippen LogP contribution in [0.15, 0.2) is 48.5 Å². The monoisotopic (exact) mass is 438 g/mol. The molecule has 2 N–H and O–H groups in total. The summed E-state index contributed by atoms with van der Waals surface area (Å²) in [6.45, 7) is 4.86. The number of rotatable bonds is 4. The van der Waals surface area contributed by atoms with Crippen molar-refractivity contribution in [2.45, 2.75) is 44.6 Å². The van der Waals surface area contributed by atoms with Gasteiger partial charge in [-0.2, -0.15) is 0 Å². The van der Waals surface area contributed by atoms with Crippen LogP contribution >= 0.6 is 0 Å². The summed E-state index contributed by atoms with van der Waals surface area (Å²) in [5.74, 6) is -0.200. The van der Waals surface area contributed by atoms with Gasteiger partial charge in [0.1, 0.15) is 5.82 Å². The Morgan fingerprint density at radius 2 is 1.66 bits per heavy atom. The number of nitrogens with zero attached hydrogens (tertiary/aromatic N) is 2. The molecule has 2 aromatic carbocycles. The van der Waals surface area contributed by atoms with E-state index in [0.29, 0.717) is 18.8 Å². The number of benzene rings is 2.